The summed E-state index contributed by atoms with van der Waals surface area (Å²) in [5, 5.41) is 0. The fraction of sp³-hybridized carbons (Fsp3) is 0.611. The van der Waals surface area contributed by atoms with Crippen LogP contribution in [-0.2, 0) is 9.53 Å². The predicted molar refractivity (Wildman–Crippen MR) is 87.0 cm³/mol. The summed E-state index contributed by atoms with van der Waals surface area (Å²) in [6, 6.07) is 8.58. The largest absolute Gasteiger partial charge is 0.379 e. The number of amides is 1. The molecule has 1 unspecified atom stereocenters. The van der Waals surface area contributed by atoms with Crippen LogP contribution in [0, 0.1) is 6.92 Å². The maximum Gasteiger partial charge on any atom is 0.236 e. The molecule has 0 aliphatic carbocycles. The average Bonchev–Trinajstić information content (AvgIpc) is 2.56. The molecule has 3 rings (SSSR count). The van der Waals surface area contributed by atoms with Gasteiger partial charge in [0.15, 0.2) is 0 Å². The van der Waals surface area contributed by atoms with Crippen molar-refractivity contribution in [2.75, 3.05) is 45.9 Å². The zero-order valence-electron chi connectivity index (χ0n) is 13.5. The minimum absolute atomic E-state index is 0.278. The molecular formula is C18H26N2O2. The van der Waals surface area contributed by atoms with Crippen LogP contribution in [0.3, 0.4) is 0 Å². The van der Waals surface area contributed by atoms with E-state index in [1.165, 1.54) is 17.5 Å². The number of hydrogen-bond acceptors (Lipinski definition) is 3. The van der Waals surface area contributed by atoms with Crippen LogP contribution in [-0.4, -0.2) is 61.6 Å². The first-order valence-electron chi connectivity index (χ1n) is 8.37. The SMILES string of the molecule is Cc1ccccc1C1CCCN(C(=O)CN2CCOCC2)C1. The normalized spacial score (nSPS) is 23.5. The Labute approximate surface area is 133 Å². The van der Waals surface area contributed by atoms with Crippen LogP contribution in [0.15, 0.2) is 24.3 Å². The van der Waals surface area contributed by atoms with Crippen molar-refractivity contribution in [2.24, 2.45) is 0 Å². The minimum atomic E-state index is 0.278. The van der Waals surface area contributed by atoms with Crippen LogP contribution in [0.5, 0.6) is 0 Å². The van der Waals surface area contributed by atoms with Gasteiger partial charge in [-0.05, 0) is 30.9 Å². The van der Waals surface area contributed by atoms with Gasteiger partial charge in [-0.1, -0.05) is 24.3 Å². The first-order chi connectivity index (χ1) is 10.7. The molecule has 22 heavy (non-hydrogen) atoms. The van der Waals surface area contributed by atoms with Crippen molar-refractivity contribution in [3.63, 3.8) is 0 Å². The molecule has 1 atom stereocenters. The Morgan fingerprint density at radius 2 is 2.00 bits per heavy atom. The average molecular weight is 302 g/mol. The number of rotatable bonds is 3. The molecule has 0 saturated carbocycles. The molecule has 120 valence electrons. The molecule has 1 amide bonds. The number of carbonyl (C=O) groups excluding carboxylic acids is 1. The van der Waals surface area contributed by atoms with Gasteiger partial charge in [-0.2, -0.15) is 0 Å². The number of carbonyl (C=O) groups is 1. The summed E-state index contributed by atoms with van der Waals surface area (Å²) in [6.07, 6.45) is 2.29. The Balaban J connectivity index is 1.60. The van der Waals surface area contributed by atoms with Crippen molar-refractivity contribution in [3.8, 4) is 0 Å². The third kappa shape index (κ3) is 3.68. The van der Waals surface area contributed by atoms with E-state index in [1.807, 2.05) is 0 Å². The van der Waals surface area contributed by atoms with Gasteiger partial charge in [-0.3, -0.25) is 9.69 Å². The van der Waals surface area contributed by atoms with Gasteiger partial charge in [0.1, 0.15) is 0 Å². The van der Waals surface area contributed by atoms with Gasteiger partial charge in [0.25, 0.3) is 0 Å². The summed E-state index contributed by atoms with van der Waals surface area (Å²) < 4.78 is 5.35. The molecule has 0 spiro atoms. The van der Waals surface area contributed by atoms with Crippen molar-refractivity contribution in [2.45, 2.75) is 25.7 Å². The highest BCUT2D eigenvalue weighted by Crippen LogP contribution is 2.29. The molecule has 2 aliphatic heterocycles. The monoisotopic (exact) mass is 302 g/mol. The van der Waals surface area contributed by atoms with Gasteiger partial charge >= 0.3 is 0 Å². The second kappa shape index (κ2) is 7.25. The zero-order valence-corrected chi connectivity index (χ0v) is 13.5. The molecule has 0 aromatic heterocycles. The molecular weight excluding hydrogens is 276 g/mol. The first-order valence-corrected chi connectivity index (χ1v) is 8.37. The molecule has 0 N–H and O–H groups in total. The zero-order chi connectivity index (χ0) is 15.4. The minimum Gasteiger partial charge on any atom is -0.379 e. The van der Waals surface area contributed by atoms with E-state index in [2.05, 4.69) is 41.0 Å². The Bertz CT molecular complexity index is 512. The van der Waals surface area contributed by atoms with Crippen LogP contribution in [0.25, 0.3) is 0 Å². The van der Waals surface area contributed by atoms with Crippen molar-refractivity contribution in [3.05, 3.63) is 35.4 Å². The predicted octanol–water partition coefficient (Wildman–Crippen LogP) is 2.03. The van der Waals surface area contributed by atoms with E-state index in [0.717, 1.165) is 45.8 Å². The van der Waals surface area contributed by atoms with Crippen molar-refractivity contribution in [1.29, 1.82) is 0 Å². The van der Waals surface area contributed by atoms with Crippen LogP contribution < -0.4 is 0 Å². The van der Waals surface area contributed by atoms with Gasteiger partial charge in [0, 0.05) is 32.1 Å². The van der Waals surface area contributed by atoms with Crippen LogP contribution in [0.2, 0.25) is 0 Å². The second-order valence-corrected chi connectivity index (χ2v) is 6.42. The smallest absolute Gasteiger partial charge is 0.236 e. The van der Waals surface area contributed by atoms with Gasteiger partial charge in [0.2, 0.25) is 5.91 Å². The lowest BCUT2D eigenvalue weighted by Gasteiger charge is -2.35. The number of morpholine rings is 1. The molecule has 2 saturated heterocycles. The van der Waals surface area contributed by atoms with E-state index in [1.54, 1.807) is 0 Å². The van der Waals surface area contributed by atoms with Crippen LogP contribution >= 0.6 is 0 Å². The third-order valence-corrected chi connectivity index (χ3v) is 4.86. The number of hydrogen-bond donors (Lipinski definition) is 0. The lowest BCUT2D eigenvalue weighted by molar-refractivity contribution is -0.134. The summed E-state index contributed by atoms with van der Waals surface area (Å²) in [7, 11) is 0. The van der Waals surface area contributed by atoms with Crippen LogP contribution in [0.1, 0.15) is 29.9 Å². The van der Waals surface area contributed by atoms with E-state index in [-0.39, 0.29) is 5.91 Å². The highest BCUT2D eigenvalue weighted by molar-refractivity contribution is 5.78. The molecule has 4 nitrogen and oxygen atoms in total. The summed E-state index contributed by atoms with van der Waals surface area (Å²) >= 11 is 0. The Morgan fingerprint density at radius 3 is 2.77 bits per heavy atom. The molecule has 1 aromatic carbocycles. The molecule has 2 aliphatic rings. The van der Waals surface area contributed by atoms with E-state index in [4.69, 9.17) is 4.74 Å². The molecule has 4 heteroatoms. The molecule has 1 aromatic rings. The van der Waals surface area contributed by atoms with E-state index >= 15 is 0 Å². The number of ether oxygens (including phenoxy) is 1. The summed E-state index contributed by atoms with van der Waals surface area (Å²) in [4.78, 5) is 16.8. The first kappa shape index (κ1) is 15.5. The molecule has 0 radical (unpaired) electrons. The molecule has 0 bridgehead atoms. The lowest BCUT2D eigenvalue weighted by atomic mass is 9.88. The van der Waals surface area contributed by atoms with Crippen molar-refractivity contribution in [1.82, 2.24) is 9.80 Å². The van der Waals surface area contributed by atoms with Gasteiger partial charge in [-0.25, -0.2) is 0 Å². The number of likely N-dealkylation sites (tertiary alicyclic amines) is 1. The summed E-state index contributed by atoms with van der Waals surface area (Å²) in [5.41, 5.74) is 2.75. The highest BCUT2D eigenvalue weighted by atomic mass is 16.5. The number of benzene rings is 1. The second-order valence-electron chi connectivity index (χ2n) is 6.42. The Kier molecular flexibility index (Phi) is 5.11. The number of piperidine rings is 1. The van der Waals surface area contributed by atoms with Gasteiger partial charge < -0.3 is 9.64 Å². The van der Waals surface area contributed by atoms with Crippen molar-refractivity contribution >= 4 is 5.91 Å². The number of aryl methyl sites for hydroxylation is 1. The highest BCUT2D eigenvalue weighted by Gasteiger charge is 2.26. The summed E-state index contributed by atoms with van der Waals surface area (Å²) in [6.45, 7) is 7.74. The Morgan fingerprint density at radius 1 is 1.23 bits per heavy atom. The van der Waals surface area contributed by atoms with E-state index < -0.39 is 0 Å². The third-order valence-electron chi connectivity index (χ3n) is 4.86. The fourth-order valence-corrected chi connectivity index (χ4v) is 3.55. The van der Waals surface area contributed by atoms with Gasteiger partial charge in [0.05, 0.1) is 19.8 Å². The summed E-state index contributed by atoms with van der Waals surface area (Å²) in [5.74, 6) is 0.767. The van der Waals surface area contributed by atoms with Crippen molar-refractivity contribution < 1.29 is 9.53 Å². The maximum atomic E-state index is 12.6. The van der Waals surface area contributed by atoms with E-state index in [9.17, 15) is 4.79 Å². The molecule has 2 fully saturated rings. The Hall–Kier alpha value is -1.39. The van der Waals surface area contributed by atoms with E-state index in [0.29, 0.717) is 12.5 Å². The quantitative estimate of drug-likeness (QED) is 0.856. The van der Waals surface area contributed by atoms with Gasteiger partial charge in [-0.15, -0.1) is 0 Å². The fourth-order valence-electron chi connectivity index (χ4n) is 3.55. The standard InChI is InChI=1S/C18H26N2O2/c1-15-5-2-3-7-17(15)16-6-4-8-20(13-16)18(21)14-19-9-11-22-12-10-19/h2-3,5,7,16H,4,6,8-14H2,1H3. The lowest BCUT2D eigenvalue weighted by Crippen LogP contribution is -2.47. The topological polar surface area (TPSA) is 32.8 Å². The van der Waals surface area contributed by atoms with Crippen LogP contribution in [0.4, 0.5) is 0 Å². The number of nitrogens with zero attached hydrogens (tertiary/aromatic N) is 2. The maximum absolute atomic E-state index is 12.6. The molecule has 2 heterocycles.